The van der Waals surface area contributed by atoms with Gasteiger partial charge in [-0.05, 0) is 37.3 Å². The number of nitrogens with zero attached hydrogens (tertiary/aromatic N) is 2. The fourth-order valence-corrected chi connectivity index (χ4v) is 3.34. The van der Waals surface area contributed by atoms with Crippen molar-refractivity contribution < 1.29 is 23.2 Å². The summed E-state index contributed by atoms with van der Waals surface area (Å²) in [7, 11) is 1.60. The van der Waals surface area contributed by atoms with Crippen LogP contribution >= 0.6 is 0 Å². The van der Waals surface area contributed by atoms with E-state index in [1.54, 1.807) is 41.2 Å². The summed E-state index contributed by atoms with van der Waals surface area (Å²) in [5, 5.41) is 0.865. The van der Waals surface area contributed by atoms with Gasteiger partial charge in [-0.25, -0.2) is 0 Å². The van der Waals surface area contributed by atoms with E-state index in [0.717, 1.165) is 16.7 Å². The monoisotopic (exact) mass is 368 g/mol. The van der Waals surface area contributed by atoms with Gasteiger partial charge in [-0.2, -0.15) is 0 Å². The molecule has 1 aromatic carbocycles. The van der Waals surface area contributed by atoms with E-state index in [1.165, 1.54) is 6.26 Å². The van der Waals surface area contributed by atoms with Crippen LogP contribution in [0.5, 0.6) is 5.75 Å². The Morgan fingerprint density at radius 2 is 1.74 bits per heavy atom. The molecule has 3 aromatic rings. The summed E-state index contributed by atoms with van der Waals surface area (Å²) in [5.41, 5.74) is 1.45. The zero-order valence-corrected chi connectivity index (χ0v) is 15.2. The Hall–Kier alpha value is -3.22. The number of benzene rings is 1. The molecule has 4 rings (SSSR count). The molecule has 3 heterocycles. The molecule has 7 heteroatoms. The molecule has 1 aliphatic heterocycles. The van der Waals surface area contributed by atoms with Gasteiger partial charge < -0.3 is 23.4 Å². The lowest BCUT2D eigenvalue weighted by atomic mass is 10.1. The fraction of sp³-hybridized carbons (Fsp3) is 0.300. The predicted molar refractivity (Wildman–Crippen MR) is 98.0 cm³/mol. The van der Waals surface area contributed by atoms with Crippen LogP contribution in [0.15, 0.2) is 45.4 Å². The van der Waals surface area contributed by atoms with Gasteiger partial charge in [-0.15, -0.1) is 0 Å². The second kappa shape index (κ2) is 6.83. The average Bonchev–Trinajstić information content (AvgIpc) is 3.35. The Morgan fingerprint density at radius 3 is 2.37 bits per heavy atom. The van der Waals surface area contributed by atoms with E-state index >= 15 is 0 Å². The van der Waals surface area contributed by atoms with Crippen molar-refractivity contribution in [2.45, 2.75) is 6.92 Å². The molecule has 27 heavy (non-hydrogen) atoms. The highest BCUT2D eigenvalue weighted by Gasteiger charge is 2.29. The van der Waals surface area contributed by atoms with Crippen LogP contribution in [0.4, 0.5) is 0 Å². The normalized spacial score (nSPS) is 14.6. The Labute approximate surface area is 156 Å². The molecule has 7 nitrogen and oxygen atoms in total. The first-order valence-electron chi connectivity index (χ1n) is 8.77. The van der Waals surface area contributed by atoms with Gasteiger partial charge in [0.25, 0.3) is 11.8 Å². The first kappa shape index (κ1) is 17.2. The summed E-state index contributed by atoms with van der Waals surface area (Å²) >= 11 is 0. The number of hydrogen-bond acceptors (Lipinski definition) is 5. The van der Waals surface area contributed by atoms with Gasteiger partial charge in [0.15, 0.2) is 11.5 Å². The minimum absolute atomic E-state index is 0.154. The number of amides is 2. The number of carbonyl (C=O) groups is 2. The minimum atomic E-state index is -0.159. The first-order valence-corrected chi connectivity index (χ1v) is 8.77. The van der Waals surface area contributed by atoms with Crippen LogP contribution in [0.2, 0.25) is 0 Å². The van der Waals surface area contributed by atoms with Crippen molar-refractivity contribution in [2.24, 2.45) is 0 Å². The van der Waals surface area contributed by atoms with Gasteiger partial charge in [-0.1, -0.05) is 0 Å². The topological polar surface area (TPSA) is 76.1 Å². The molecule has 0 spiro atoms. The molecule has 1 fully saturated rings. The van der Waals surface area contributed by atoms with Crippen LogP contribution in [0.3, 0.4) is 0 Å². The van der Waals surface area contributed by atoms with Crippen molar-refractivity contribution in [3.63, 3.8) is 0 Å². The molecular weight excluding hydrogens is 348 g/mol. The molecule has 0 atom stereocenters. The zero-order chi connectivity index (χ0) is 19.0. The highest BCUT2D eigenvalue weighted by molar-refractivity contribution is 5.99. The molecule has 0 aliphatic carbocycles. The molecular formula is C20H20N2O5. The fourth-order valence-electron chi connectivity index (χ4n) is 3.34. The zero-order valence-electron chi connectivity index (χ0n) is 15.2. The third-order valence-corrected chi connectivity index (χ3v) is 4.92. The standard InChI is InChI=1S/C20H20N2O5/c1-13-15-12-14(25-2)5-6-16(15)27-18(13)20(24)22-9-7-21(8-10-22)19(23)17-4-3-11-26-17/h3-6,11-12H,7-10H2,1-2H3. The summed E-state index contributed by atoms with van der Waals surface area (Å²) in [5.74, 6) is 1.06. The summed E-state index contributed by atoms with van der Waals surface area (Å²) < 4.78 is 16.2. The molecule has 1 saturated heterocycles. The van der Waals surface area contributed by atoms with Crippen LogP contribution in [0.25, 0.3) is 11.0 Å². The lowest BCUT2D eigenvalue weighted by Crippen LogP contribution is -2.50. The van der Waals surface area contributed by atoms with Crippen LogP contribution in [-0.2, 0) is 0 Å². The Morgan fingerprint density at radius 1 is 1.04 bits per heavy atom. The number of aryl methyl sites for hydroxylation is 1. The van der Waals surface area contributed by atoms with E-state index < -0.39 is 0 Å². The highest BCUT2D eigenvalue weighted by Crippen LogP contribution is 2.29. The second-order valence-electron chi connectivity index (χ2n) is 6.48. The minimum Gasteiger partial charge on any atom is -0.497 e. The van der Waals surface area contributed by atoms with E-state index in [0.29, 0.717) is 43.3 Å². The Kier molecular flexibility index (Phi) is 4.35. The van der Waals surface area contributed by atoms with E-state index in [2.05, 4.69) is 0 Å². The maximum absolute atomic E-state index is 12.9. The number of rotatable bonds is 3. The van der Waals surface area contributed by atoms with Gasteiger partial charge in [-0.3, -0.25) is 9.59 Å². The maximum Gasteiger partial charge on any atom is 0.290 e. The van der Waals surface area contributed by atoms with Crippen molar-refractivity contribution in [3.05, 3.63) is 53.7 Å². The number of fused-ring (bicyclic) bond motifs is 1. The number of ether oxygens (including phenoxy) is 1. The van der Waals surface area contributed by atoms with Crippen LogP contribution in [0.1, 0.15) is 26.7 Å². The van der Waals surface area contributed by atoms with Crippen molar-refractivity contribution >= 4 is 22.8 Å². The number of methoxy groups -OCH3 is 1. The molecule has 140 valence electrons. The van der Waals surface area contributed by atoms with E-state index in [4.69, 9.17) is 13.6 Å². The SMILES string of the molecule is COc1ccc2oc(C(=O)N3CCN(C(=O)c4ccco4)CC3)c(C)c2c1. The predicted octanol–water partition coefficient (Wildman–Crippen LogP) is 2.94. The van der Waals surface area contributed by atoms with Gasteiger partial charge in [0, 0.05) is 37.1 Å². The molecule has 0 N–H and O–H groups in total. The van der Waals surface area contributed by atoms with E-state index in [9.17, 15) is 9.59 Å². The maximum atomic E-state index is 12.9. The Balaban J connectivity index is 1.49. The third-order valence-electron chi connectivity index (χ3n) is 4.92. The molecule has 2 aromatic heterocycles. The highest BCUT2D eigenvalue weighted by atomic mass is 16.5. The van der Waals surface area contributed by atoms with Crippen LogP contribution < -0.4 is 4.74 Å². The summed E-state index contributed by atoms with van der Waals surface area (Å²) in [6, 6.07) is 8.81. The van der Waals surface area contributed by atoms with Crippen molar-refractivity contribution in [3.8, 4) is 5.75 Å². The number of piperazine rings is 1. The van der Waals surface area contributed by atoms with Gasteiger partial charge in [0.05, 0.1) is 13.4 Å². The summed E-state index contributed by atoms with van der Waals surface area (Å²) in [6.07, 6.45) is 1.48. The molecule has 0 unspecified atom stereocenters. The summed E-state index contributed by atoms with van der Waals surface area (Å²) in [4.78, 5) is 28.7. The van der Waals surface area contributed by atoms with Crippen LogP contribution in [0, 0.1) is 6.92 Å². The largest absolute Gasteiger partial charge is 0.497 e. The molecule has 1 aliphatic rings. The van der Waals surface area contributed by atoms with Crippen molar-refractivity contribution in [1.82, 2.24) is 9.80 Å². The van der Waals surface area contributed by atoms with Crippen molar-refractivity contribution in [2.75, 3.05) is 33.3 Å². The third kappa shape index (κ3) is 3.05. The van der Waals surface area contributed by atoms with Gasteiger partial charge in [0.1, 0.15) is 11.3 Å². The molecule has 0 radical (unpaired) electrons. The lowest BCUT2D eigenvalue weighted by molar-refractivity contribution is 0.0503. The molecule has 0 bridgehead atoms. The van der Waals surface area contributed by atoms with E-state index in [1.807, 2.05) is 13.0 Å². The van der Waals surface area contributed by atoms with Crippen LogP contribution in [-0.4, -0.2) is 54.9 Å². The smallest absolute Gasteiger partial charge is 0.290 e. The number of carbonyl (C=O) groups excluding carboxylic acids is 2. The quantitative estimate of drug-likeness (QED) is 0.710. The average molecular weight is 368 g/mol. The van der Waals surface area contributed by atoms with Gasteiger partial charge in [0.2, 0.25) is 0 Å². The summed E-state index contributed by atoms with van der Waals surface area (Å²) in [6.45, 7) is 3.68. The molecule has 2 amide bonds. The van der Waals surface area contributed by atoms with Gasteiger partial charge >= 0.3 is 0 Å². The molecule has 0 saturated carbocycles. The van der Waals surface area contributed by atoms with Crippen molar-refractivity contribution in [1.29, 1.82) is 0 Å². The second-order valence-corrected chi connectivity index (χ2v) is 6.48. The lowest BCUT2D eigenvalue weighted by Gasteiger charge is -2.34. The number of hydrogen-bond donors (Lipinski definition) is 0. The van der Waals surface area contributed by atoms with E-state index in [-0.39, 0.29) is 11.8 Å². The Bertz CT molecular complexity index is 981. The first-order chi connectivity index (χ1) is 13.1. The number of furan rings is 2.